The Kier molecular flexibility index (Phi) is 3.47. The highest BCUT2D eigenvalue weighted by Gasteiger charge is 2.23. The van der Waals surface area contributed by atoms with E-state index in [1.54, 1.807) is 12.1 Å². The second kappa shape index (κ2) is 7.65. The van der Waals surface area contributed by atoms with Gasteiger partial charge in [0.05, 0.1) is 50.1 Å². The van der Waals surface area contributed by atoms with Crippen LogP contribution in [0.1, 0.15) is 13.9 Å². The normalized spacial score (nSPS) is 16.7. The van der Waals surface area contributed by atoms with Gasteiger partial charge < -0.3 is 14.3 Å². The number of ether oxygens (including phenoxy) is 2. The molecule has 1 atom stereocenters. The number of aromatic nitrogens is 3. The molecule has 0 aliphatic rings. The van der Waals surface area contributed by atoms with Crippen molar-refractivity contribution in [1.29, 1.82) is 0 Å². The number of alkyl halides is 2. The standard InChI is InChI=1S/C16H15F2N3O4S/c1-23-13-7-8-19-11(14(13)24-2)9-26(22)16-20-10-5-3-4-6-12(10)21(16)25-15(17)18/h3-8,15H,9H2,1-2H3/i1D3,2D3. The van der Waals surface area contributed by atoms with Crippen molar-refractivity contribution in [2.75, 3.05) is 14.1 Å². The van der Waals surface area contributed by atoms with Crippen LogP contribution in [-0.4, -0.2) is 39.6 Å². The first-order valence-corrected chi connectivity index (χ1v) is 8.33. The number of fused-ring (bicyclic) bond motifs is 1. The molecule has 0 bridgehead atoms. The van der Waals surface area contributed by atoms with E-state index >= 15 is 0 Å². The number of pyridine rings is 1. The van der Waals surface area contributed by atoms with Crippen LogP contribution in [0.2, 0.25) is 0 Å². The van der Waals surface area contributed by atoms with E-state index in [0.29, 0.717) is 4.73 Å². The van der Waals surface area contributed by atoms with Crippen molar-refractivity contribution in [3.05, 3.63) is 42.2 Å². The molecule has 3 rings (SSSR count). The Labute approximate surface area is 158 Å². The van der Waals surface area contributed by atoms with Gasteiger partial charge in [0.15, 0.2) is 11.5 Å². The fraction of sp³-hybridized carbons (Fsp3) is 0.250. The van der Waals surface area contributed by atoms with Gasteiger partial charge in [-0.1, -0.05) is 12.1 Å². The van der Waals surface area contributed by atoms with Crippen LogP contribution in [0.5, 0.6) is 11.5 Å². The van der Waals surface area contributed by atoms with E-state index in [2.05, 4.69) is 14.8 Å². The molecule has 0 amide bonds. The third-order valence-electron chi connectivity index (χ3n) is 3.30. The zero-order valence-corrected chi connectivity index (χ0v) is 13.7. The van der Waals surface area contributed by atoms with Gasteiger partial charge in [0.25, 0.3) is 0 Å². The molecule has 0 fully saturated rings. The summed E-state index contributed by atoms with van der Waals surface area (Å²) in [4.78, 5) is 12.4. The van der Waals surface area contributed by atoms with Crippen molar-refractivity contribution in [3.8, 4) is 11.5 Å². The Morgan fingerprint density at radius 2 is 2.08 bits per heavy atom. The van der Waals surface area contributed by atoms with Gasteiger partial charge in [0.2, 0.25) is 5.16 Å². The average molecular weight is 389 g/mol. The first-order valence-electron chi connectivity index (χ1n) is 10.0. The summed E-state index contributed by atoms with van der Waals surface area (Å²) in [6, 6.07) is 7.12. The zero-order chi connectivity index (χ0) is 23.7. The number of para-hydroxylation sites is 2. The molecule has 2 aromatic heterocycles. The average Bonchev–Trinajstić information content (AvgIpc) is 3.00. The summed E-state index contributed by atoms with van der Waals surface area (Å²) in [7, 11) is -8.15. The van der Waals surface area contributed by atoms with Crippen LogP contribution < -0.4 is 14.3 Å². The van der Waals surface area contributed by atoms with Crippen molar-refractivity contribution in [2.24, 2.45) is 0 Å². The van der Waals surface area contributed by atoms with Gasteiger partial charge in [-0.15, -0.1) is 4.73 Å². The van der Waals surface area contributed by atoms with E-state index in [1.807, 2.05) is 0 Å². The maximum atomic E-state index is 13.0. The molecule has 0 spiro atoms. The Bertz CT molecular complexity index is 1140. The molecule has 0 aliphatic heterocycles. The van der Waals surface area contributed by atoms with Crippen LogP contribution in [-0.2, 0) is 16.6 Å². The molecular formula is C16H15F2N3O4S. The first kappa shape index (κ1) is 11.8. The number of imidazole rings is 1. The van der Waals surface area contributed by atoms with Crippen LogP contribution >= 0.6 is 0 Å². The third-order valence-corrected chi connectivity index (χ3v) is 4.50. The van der Waals surface area contributed by atoms with Crippen LogP contribution in [0.4, 0.5) is 8.78 Å². The highest BCUT2D eigenvalue weighted by atomic mass is 32.2. The third kappa shape index (κ3) is 3.45. The van der Waals surface area contributed by atoms with Gasteiger partial charge >= 0.3 is 6.61 Å². The summed E-state index contributed by atoms with van der Waals surface area (Å²) < 4.78 is 92.7. The smallest absolute Gasteiger partial charge is 0.405 e. The van der Waals surface area contributed by atoms with Crippen LogP contribution in [0, 0.1) is 0 Å². The van der Waals surface area contributed by atoms with E-state index in [1.165, 1.54) is 12.1 Å². The van der Waals surface area contributed by atoms with E-state index in [4.69, 9.17) is 17.7 Å². The summed E-state index contributed by atoms with van der Waals surface area (Å²) in [5.41, 5.74) is 0.0994. The number of hydrogen-bond donors (Lipinski definition) is 0. The highest BCUT2D eigenvalue weighted by molar-refractivity contribution is 7.84. The Balaban J connectivity index is 2.03. The summed E-state index contributed by atoms with van der Waals surface area (Å²) in [6.07, 6.45) is 1.10. The van der Waals surface area contributed by atoms with E-state index < -0.39 is 53.9 Å². The number of nitrogens with zero attached hydrogens (tertiary/aromatic N) is 3. The first-order chi connectivity index (χ1) is 14.8. The lowest BCUT2D eigenvalue weighted by Crippen LogP contribution is -2.20. The molecule has 1 unspecified atom stereocenters. The largest absolute Gasteiger partial charge is 0.493 e. The Morgan fingerprint density at radius 3 is 2.85 bits per heavy atom. The summed E-state index contributed by atoms with van der Waals surface area (Å²) in [5, 5.41) is -0.393. The fourth-order valence-corrected chi connectivity index (χ4v) is 3.37. The summed E-state index contributed by atoms with van der Waals surface area (Å²) in [6.45, 7) is -3.24. The quantitative estimate of drug-likeness (QED) is 0.618. The molecule has 0 N–H and O–H groups in total. The zero-order valence-electron chi connectivity index (χ0n) is 18.9. The van der Waals surface area contributed by atoms with Gasteiger partial charge in [0.1, 0.15) is 5.52 Å². The predicted molar refractivity (Wildman–Crippen MR) is 89.8 cm³/mol. The van der Waals surface area contributed by atoms with Crippen molar-refractivity contribution >= 4 is 21.8 Å². The summed E-state index contributed by atoms with van der Waals surface area (Å²) >= 11 is 0. The number of rotatable bonds is 7. The maximum Gasteiger partial charge on any atom is 0.405 e. The minimum atomic E-state index is -3.24. The van der Waals surface area contributed by atoms with Gasteiger partial charge in [-0.05, 0) is 12.1 Å². The topological polar surface area (TPSA) is 75.5 Å². The second-order valence-corrected chi connectivity index (χ2v) is 6.17. The van der Waals surface area contributed by atoms with Gasteiger partial charge in [0, 0.05) is 12.3 Å². The number of hydrogen-bond acceptors (Lipinski definition) is 6. The Morgan fingerprint density at radius 1 is 1.27 bits per heavy atom. The fourth-order valence-electron chi connectivity index (χ4n) is 2.26. The lowest BCUT2D eigenvalue weighted by atomic mass is 10.3. The van der Waals surface area contributed by atoms with Crippen LogP contribution in [0.3, 0.4) is 0 Å². The molecule has 3 aromatic rings. The Hall–Kier alpha value is -2.75. The molecule has 0 aliphatic carbocycles. The molecule has 1 aromatic carbocycles. The second-order valence-electron chi connectivity index (χ2n) is 4.82. The molecular weight excluding hydrogens is 368 g/mol. The van der Waals surface area contributed by atoms with Crippen LogP contribution in [0.25, 0.3) is 11.0 Å². The minimum absolute atomic E-state index is 0.127. The van der Waals surface area contributed by atoms with E-state index in [9.17, 15) is 13.0 Å². The lowest BCUT2D eigenvalue weighted by molar-refractivity contribution is -0.136. The molecule has 26 heavy (non-hydrogen) atoms. The summed E-state index contributed by atoms with van der Waals surface area (Å²) in [5.74, 6) is -1.62. The van der Waals surface area contributed by atoms with Crippen molar-refractivity contribution < 1.29 is 35.5 Å². The number of halogens is 2. The van der Waals surface area contributed by atoms with Gasteiger partial charge in [-0.3, -0.25) is 9.19 Å². The number of benzene rings is 1. The van der Waals surface area contributed by atoms with Gasteiger partial charge in [-0.25, -0.2) is 4.98 Å². The highest BCUT2D eigenvalue weighted by Crippen LogP contribution is 2.30. The van der Waals surface area contributed by atoms with Crippen molar-refractivity contribution in [1.82, 2.24) is 14.7 Å². The SMILES string of the molecule is [2H]C([2H])([2H])Oc1ccnc(CS(=O)c2nc3ccccc3n2OC(F)F)c1OC([2H])([2H])[2H]. The molecule has 0 radical (unpaired) electrons. The molecule has 2 heterocycles. The van der Waals surface area contributed by atoms with Gasteiger partial charge in [-0.2, -0.15) is 8.78 Å². The van der Waals surface area contributed by atoms with Crippen LogP contribution in [0.15, 0.2) is 41.7 Å². The predicted octanol–water partition coefficient (Wildman–Crippen LogP) is 2.41. The number of methoxy groups -OCH3 is 2. The molecule has 138 valence electrons. The van der Waals surface area contributed by atoms with E-state index in [0.717, 1.165) is 12.3 Å². The maximum absolute atomic E-state index is 13.0. The molecule has 10 heteroatoms. The van der Waals surface area contributed by atoms with Crippen molar-refractivity contribution in [2.45, 2.75) is 17.5 Å². The minimum Gasteiger partial charge on any atom is -0.493 e. The van der Waals surface area contributed by atoms with Crippen molar-refractivity contribution in [3.63, 3.8) is 0 Å². The monoisotopic (exact) mass is 389 g/mol. The lowest BCUT2D eigenvalue weighted by Gasteiger charge is -2.12. The molecule has 0 saturated carbocycles. The molecule has 7 nitrogen and oxygen atoms in total. The molecule has 0 saturated heterocycles. The van der Waals surface area contributed by atoms with E-state index in [-0.39, 0.29) is 16.7 Å².